The third-order valence-corrected chi connectivity index (χ3v) is 4.17. The lowest BCUT2D eigenvalue weighted by Gasteiger charge is -2.32. The minimum atomic E-state index is -0.223. The molecule has 0 bridgehead atoms. The molecule has 1 aliphatic heterocycles. The molecule has 114 valence electrons. The van der Waals surface area contributed by atoms with Gasteiger partial charge in [-0.05, 0) is 26.3 Å². The molecule has 1 aliphatic rings. The first kappa shape index (κ1) is 13.4. The van der Waals surface area contributed by atoms with Crippen molar-refractivity contribution in [3.8, 4) is 0 Å². The molecule has 0 fully saturated rings. The fraction of sp³-hybridized carbons (Fsp3) is 0.400. The van der Waals surface area contributed by atoms with Crippen molar-refractivity contribution < 1.29 is 9.15 Å². The Bertz CT molecular complexity index is 900. The Morgan fingerprint density at radius 1 is 1.27 bits per heavy atom. The Morgan fingerprint density at radius 2 is 2.09 bits per heavy atom. The van der Waals surface area contributed by atoms with Crippen LogP contribution in [-0.4, -0.2) is 20.6 Å². The van der Waals surface area contributed by atoms with Crippen molar-refractivity contribution in [3.05, 3.63) is 23.1 Å². The second kappa shape index (κ2) is 4.37. The zero-order valence-electron chi connectivity index (χ0n) is 12.7. The first-order valence-corrected chi connectivity index (χ1v) is 7.16. The minimum Gasteiger partial charge on any atom is -0.432 e. The third kappa shape index (κ3) is 1.79. The molecule has 22 heavy (non-hydrogen) atoms. The van der Waals surface area contributed by atoms with Gasteiger partial charge in [0.1, 0.15) is 11.8 Å². The van der Waals surface area contributed by atoms with Crippen molar-refractivity contribution in [2.75, 3.05) is 5.43 Å². The lowest BCUT2D eigenvalue weighted by atomic mass is 9.89. The molecule has 4 rings (SSSR count). The summed E-state index contributed by atoms with van der Waals surface area (Å²) in [4.78, 5) is 13.0. The molecule has 0 saturated carbocycles. The molecule has 0 unspecified atom stereocenters. The Labute approximate surface area is 126 Å². The van der Waals surface area contributed by atoms with Gasteiger partial charge in [-0.3, -0.25) is 0 Å². The van der Waals surface area contributed by atoms with Crippen LogP contribution in [0.3, 0.4) is 0 Å². The number of nitrogen functional groups attached to an aromatic ring is 1. The number of nitrogens with one attached hydrogen (secondary N) is 1. The van der Waals surface area contributed by atoms with Crippen LogP contribution in [0.1, 0.15) is 30.7 Å². The van der Waals surface area contributed by atoms with E-state index < -0.39 is 0 Å². The van der Waals surface area contributed by atoms with E-state index in [1.165, 1.54) is 11.9 Å². The number of nitrogens with zero attached hydrogens (tertiary/aromatic N) is 3. The maximum atomic E-state index is 5.92. The van der Waals surface area contributed by atoms with Crippen LogP contribution in [0, 0.1) is 6.92 Å². The molecule has 3 N–H and O–H groups in total. The Hall–Kier alpha value is -2.25. The molecule has 4 heterocycles. The summed E-state index contributed by atoms with van der Waals surface area (Å²) in [7, 11) is 0. The molecule has 0 atom stereocenters. The van der Waals surface area contributed by atoms with Gasteiger partial charge in [-0.15, -0.1) is 0 Å². The van der Waals surface area contributed by atoms with E-state index in [4.69, 9.17) is 15.0 Å². The smallest absolute Gasteiger partial charge is 0.229 e. The van der Waals surface area contributed by atoms with Crippen LogP contribution in [0.4, 0.5) is 5.82 Å². The molecule has 0 aliphatic carbocycles. The summed E-state index contributed by atoms with van der Waals surface area (Å²) in [5, 5.41) is 0.936. The molecule has 7 nitrogen and oxygen atoms in total. The predicted molar refractivity (Wildman–Crippen MR) is 82.2 cm³/mol. The van der Waals surface area contributed by atoms with Gasteiger partial charge < -0.3 is 14.6 Å². The first-order chi connectivity index (χ1) is 10.5. The van der Waals surface area contributed by atoms with E-state index in [1.54, 1.807) is 0 Å². The van der Waals surface area contributed by atoms with Crippen LogP contribution < -0.4 is 11.3 Å². The molecule has 0 amide bonds. The van der Waals surface area contributed by atoms with E-state index in [0.717, 1.165) is 28.6 Å². The third-order valence-electron chi connectivity index (χ3n) is 4.17. The lowest BCUT2D eigenvalue weighted by molar-refractivity contribution is -0.0400. The molecule has 7 heteroatoms. The number of ether oxygens (including phenoxy) is 1. The number of rotatable bonds is 1. The number of nitrogens with two attached hydrogens (primary N) is 1. The number of anilines is 1. The molecular formula is C15H17N5O2. The van der Waals surface area contributed by atoms with E-state index in [9.17, 15) is 0 Å². The van der Waals surface area contributed by atoms with Gasteiger partial charge in [0.05, 0.1) is 17.6 Å². The monoisotopic (exact) mass is 299 g/mol. The highest BCUT2D eigenvalue weighted by molar-refractivity contribution is 6.06. The number of aryl methyl sites for hydroxylation is 1. The van der Waals surface area contributed by atoms with Crippen molar-refractivity contribution in [2.24, 2.45) is 5.84 Å². The van der Waals surface area contributed by atoms with Gasteiger partial charge in [-0.25, -0.2) is 20.8 Å². The number of pyridine rings is 1. The highest BCUT2D eigenvalue weighted by Crippen LogP contribution is 2.38. The van der Waals surface area contributed by atoms with Crippen LogP contribution in [0.15, 0.2) is 10.7 Å². The average molecular weight is 299 g/mol. The van der Waals surface area contributed by atoms with Gasteiger partial charge in [-0.2, -0.15) is 0 Å². The fourth-order valence-electron chi connectivity index (χ4n) is 3.07. The molecule has 0 saturated heterocycles. The number of aromatic nitrogens is 3. The van der Waals surface area contributed by atoms with Crippen molar-refractivity contribution in [1.29, 1.82) is 0 Å². The second-order valence-electron chi connectivity index (χ2n) is 6.21. The molecule has 0 aromatic carbocycles. The van der Waals surface area contributed by atoms with E-state index in [2.05, 4.69) is 34.2 Å². The normalized spacial score (nSPS) is 16.9. The Morgan fingerprint density at radius 3 is 2.86 bits per heavy atom. The van der Waals surface area contributed by atoms with E-state index in [-0.39, 0.29) is 5.60 Å². The van der Waals surface area contributed by atoms with Crippen LogP contribution in [0.25, 0.3) is 22.2 Å². The molecule has 3 aromatic rings. The van der Waals surface area contributed by atoms with Crippen molar-refractivity contribution >= 4 is 28.0 Å². The highest BCUT2D eigenvalue weighted by atomic mass is 16.5. The lowest BCUT2D eigenvalue weighted by Crippen LogP contribution is -2.32. The summed E-state index contributed by atoms with van der Waals surface area (Å²) in [5.41, 5.74) is 7.40. The van der Waals surface area contributed by atoms with Crippen molar-refractivity contribution in [2.45, 2.75) is 39.4 Å². The van der Waals surface area contributed by atoms with Gasteiger partial charge in [0, 0.05) is 17.7 Å². The van der Waals surface area contributed by atoms with Crippen LogP contribution in [0.2, 0.25) is 0 Å². The van der Waals surface area contributed by atoms with Gasteiger partial charge in [0.2, 0.25) is 5.71 Å². The highest BCUT2D eigenvalue weighted by Gasteiger charge is 2.31. The van der Waals surface area contributed by atoms with Crippen LogP contribution in [-0.2, 0) is 17.8 Å². The summed E-state index contributed by atoms with van der Waals surface area (Å²) in [6.07, 6.45) is 2.26. The standard InChI is InChI=1S/C15H17N5O2/c1-7-9-5-21-15(2,3)4-8(9)10-11-12(22-14(10)19-7)13(20-16)18-6-17-11/h6H,4-5,16H2,1-3H3,(H,17,18,20). The maximum Gasteiger partial charge on any atom is 0.229 e. The summed E-state index contributed by atoms with van der Waals surface area (Å²) in [6, 6.07) is 0. The average Bonchev–Trinajstić information content (AvgIpc) is 2.84. The topological polar surface area (TPSA) is 99.1 Å². The second-order valence-corrected chi connectivity index (χ2v) is 6.21. The van der Waals surface area contributed by atoms with Crippen molar-refractivity contribution in [3.63, 3.8) is 0 Å². The summed E-state index contributed by atoms with van der Waals surface area (Å²) < 4.78 is 11.8. The van der Waals surface area contributed by atoms with Crippen LogP contribution in [0.5, 0.6) is 0 Å². The quantitative estimate of drug-likeness (QED) is 0.525. The van der Waals surface area contributed by atoms with Gasteiger partial charge in [-0.1, -0.05) is 0 Å². The van der Waals surface area contributed by atoms with Gasteiger partial charge in [0.25, 0.3) is 0 Å². The zero-order valence-corrected chi connectivity index (χ0v) is 12.7. The molecular weight excluding hydrogens is 282 g/mol. The van der Waals surface area contributed by atoms with E-state index in [1.807, 2.05) is 6.92 Å². The largest absolute Gasteiger partial charge is 0.432 e. The number of hydrogen-bond donors (Lipinski definition) is 2. The van der Waals surface area contributed by atoms with Crippen LogP contribution >= 0.6 is 0 Å². The number of fused-ring (bicyclic) bond motifs is 5. The Kier molecular flexibility index (Phi) is 2.67. The first-order valence-electron chi connectivity index (χ1n) is 7.16. The summed E-state index contributed by atoms with van der Waals surface area (Å²) in [5.74, 6) is 5.97. The molecule has 0 spiro atoms. The summed E-state index contributed by atoms with van der Waals surface area (Å²) >= 11 is 0. The van der Waals surface area contributed by atoms with E-state index in [0.29, 0.717) is 23.7 Å². The predicted octanol–water partition coefficient (Wildman–Crippen LogP) is 2.22. The SMILES string of the molecule is Cc1nc2oc3c(NN)ncnc3c2c2c1COC(C)(C)C2. The zero-order chi connectivity index (χ0) is 15.5. The van der Waals surface area contributed by atoms with E-state index >= 15 is 0 Å². The molecule has 3 aromatic heterocycles. The maximum absolute atomic E-state index is 5.92. The molecule has 0 radical (unpaired) electrons. The fourth-order valence-corrected chi connectivity index (χ4v) is 3.07. The Balaban J connectivity index is 2.13. The van der Waals surface area contributed by atoms with Crippen molar-refractivity contribution in [1.82, 2.24) is 15.0 Å². The summed E-state index contributed by atoms with van der Waals surface area (Å²) in [6.45, 7) is 6.70. The number of hydrogen-bond acceptors (Lipinski definition) is 7. The van der Waals surface area contributed by atoms with Gasteiger partial charge in [0.15, 0.2) is 11.4 Å². The minimum absolute atomic E-state index is 0.223. The number of furan rings is 1. The van der Waals surface area contributed by atoms with Gasteiger partial charge >= 0.3 is 0 Å². The number of hydrazine groups is 1.